The summed E-state index contributed by atoms with van der Waals surface area (Å²) in [5.41, 5.74) is 0.823. The number of ether oxygens (including phenoxy) is 2. The van der Waals surface area contributed by atoms with E-state index in [0.29, 0.717) is 0 Å². The first-order chi connectivity index (χ1) is 8.85. The standard InChI is InChI=1S/C11H16INO5S/c1-8(13-19(14,15)16)11(18-7-17-2)9-5-3-4-6-10(9)12/h3-6,8,11,13H,7H2,1-2H3,(H,14,15,16)/t8-,11+/m0/s1. The highest BCUT2D eigenvalue weighted by atomic mass is 127. The fourth-order valence-electron chi connectivity index (χ4n) is 1.65. The molecular weight excluding hydrogens is 385 g/mol. The zero-order valence-electron chi connectivity index (χ0n) is 10.5. The van der Waals surface area contributed by atoms with Crippen LogP contribution in [0.3, 0.4) is 0 Å². The summed E-state index contributed by atoms with van der Waals surface area (Å²) in [4.78, 5) is 0. The first-order valence-corrected chi connectivity index (χ1v) is 7.96. The fourth-order valence-corrected chi connectivity index (χ4v) is 2.94. The van der Waals surface area contributed by atoms with Crippen LogP contribution >= 0.6 is 22.6 Å². The molecule has 2 N–H and O–H groups in total. The quantitative estimate of drug-likeness (QED) is 0.413. The molecule has 0 saturated heterocycles. The second kappa shape index (κ2) is 7.50. The van der Waals surface area contributed by atoms with Crippen molar-refractivity contribution in [1.29, 1.82) is 0 Å². The van der Waals surface area contributed by atoms with Crippen LogP contribution in [0.25, 0.3) is 0 Å². The minimum absolute atomic E-state index is 0.0210. The Hall–Kier alpha value is -0.260. The van der Waals surface area contributed by atoms with E-state index < -0.39 is 22.4 Å². The van der Waals surface area contributed by atoms with Crippen molar-refractivity contribution in [1.82, 2.24) is 4.72 Å². The van der Waals surface area contributed by atoms with Crippen LogP contribution in [0.1, 0.15) is 18.6 Å². The number of hydrogen-bond donors (Lipinski definition) is 2. The SMILES string of the molecule is COCO[C@@H](c1ccccc1I)[C@H](C)NS(=O)(=O)O. The first kappa shape index (κ1) is 16.8. The molecule has 0 amide bonds. The Bertz CT molecular complexity index is 508. The van der Waals surface area contributed by atoms with Gasteiger partial charge in [-0.25, -0.2) is 0 Å². The van der Waals surface area contributed by atoms with E-state index in [-0.39, 0.29) is 6.79 Å². The molecule has 2 atom stereocenters. The van der Waals surface area contributed by atoms with Crippen molar-refractivity contribution in [3.05, 3.63) is 33.4 Å². The van der Waals surface area contributed by atoms with E-state index in [2.05, 4.69) is 27.3 Å². The van der Waals surface area contributed by atoms with Gasteiger partial charge in [0.15, 0.2) is 0 Å². The molecule has 0 aliphatic rings. The van der Waals surface area contributed by atoms with Crippen molar-refractivity contribution < 1.29 is 22.4 Å². The van der Waals surface area contributed by atoms with E-state index in [0.717, 1.165) is 9.13 Å². The monoisotopic (exact) mass is 401 g/mol. The van der Waals surface area contributed by atoms with Crippen molar-refractivity contribution in [3.63, 3.8) is 0 Å². The van der Waals surface area contributed by atoms with Crippen LogP contribution in [0.5, 0.6) is 0 Å². The molecule has 0 aromatic heterocycles. The Morgan fingerprint density at radius 3 is 2.58 bits per heavy atom. The van der Waals surface area contributed by atoms with Gasteiger partial charge in [0.2, 0.25) is 0 Å². The highest BCUT2D eigenvalue weighted by molar-refractivity contribution is 14.1. The number of methoxy groups -OCH3 is 1. The molecule has 0 spiro atoms. The Kier molecular flexibility index (Phi) is 6.63. The van der Waals surface area contributed by atoms with Gasteiger partial charge in [-0.15, -0.1) is 0 Å². The molecule has 0 unspecified atom stereocenters. The maximum atomic E-state index is 10.9. The van der Waals surface area contributed by atoms with E-state index in [1.807, 2.05) is 24.3 Å². The molecule has 8 heteroatoms. The Morgan fingerprint density at radius 2 is 2.05 bits per heavy atom. The number of nitrogens with one attached hydrogen (secondary N) is 1. The van der Waals surface area contributed by atoms with Crippen LogP contribution in [0.4, 0.5) is 0 Å². The van der Waals surface area contributed by atoms with Gasteiger partial charge in [0.25, 0.3) is 0 Å². The molecule has 0 bridgehead atoms. The van der Waals surface area contributed by atoms with Gasteiger partial charge in [0.1, 0.15) is 12.9 Å². The van der Waals surface area contributed by atoms with E-state index in [1.54, 1.807) is 6.92 Å². The van der Waals surface area contributed by atoms with E-state index in [9.17, 15) is 8.42 Å². The summed E-state index contributed by atoms with van der Waals surface area (Å²) < 4.78 is 44.0. The van der Waals surface area contributed by atoms with Gasteiger partial charge in [-0.05, 0) is 41.1 Å². The molecule has 1 aromatic rings. The summed E-state index contributed by atoms with van der Waals surface area (Å²) in [6.07, 6.45) is -0.560. The lowest BCUT2D eigenvalue weighted by atomic mass is 10.0. The van der Waals surface area contributed by atoms with Crippen LogP contribution in [0.2, 0.25) is 0 Å². The highest BCUT2D eigenvalue weighted by Crippen LogP contribution is 2.26. The summed E-state index contributed by atoms with van der Waals surface area (Å²) >= 11 is 2.14. The van der Waals surface area contributed by atoms with Crippen LogP contribution in [0, 0.1) is 3.57 Å². The third-order valence-electron chi connectivity index (χ3n) is 2.37. The molecule has 0 radical (unpaired) electrons. The van der Waals surface area contributed by atoms with Crippen molar-refractivity contribution in [2.75, 3.05) is 13.9 Å². The molecule has 0 fully saturated rings. The normalized spacial score (nSPS) is 15.2. The molecule has 1 rings (SSSR count). The van der Waals surface area contributed by atoms with Gasteiger partial charge in [0, 0.05) is 10.7 Å². The number of halogens is 1. The zero-order chi connectivity index (χ0) is 14.5. The smallest absolute Gasteiger partial charge is 0.333 e. The molecule has 6 nitrogen and oxygen atoms in total. The van der Waals surface area contributed by atoms with Crippen LogP contribution in [-0.4, -0.2) is 32.9 Å². The second-order valence-electron chi connectivity index (χ2n) is 3.90. The third-order valence-corrected chi connectivity index (χ3v) is 4.02. The lowest BCUT2D eigenvalue weighted by molar-refractivity contribution is -0.0817. The Labute approximate surface area is 126 Å². The van der Waals surface area contributed by atoms with E-state index in [4.69, 9.17) is 14.0 Å². The minimum atomic E-state index is -4.29. The number of rotatable bonds is 7. The average Bonchev–Trinajstić information content (AvgIpc) is 2.29. The van der Waals surface area contributed by atoms with Gasteiger partial charge in [-0.3, -0.25) is 4.55 Å². The molecule has 0 aliphatic heterocycles. The maximum Gasteiger partial charge on any atom is 0.333 e. The van der Waals surface area contributed by atoms with E-state index >= 15 is 0 Å². The molecular formula is C11H16INO5S. The summed E-state index contributed by atoms with van der Waals surface area (Å²) in [7, 11) is -2.81. The van der Waals surface area contributed by atoms with Crippen LogP contribution in [0.15, 0.2) is 24.3 Å². The van der Waals surface area contributed by atoms with E-state index in [1.165, 1.54) is 7.11 Å². The lowest BCUT2D eigenvalue weighted by Gasteiger charge is -2.25. The molecule has 19 heavy (non-hydrogen) atoms. The molecule has 1 aromatic carbocycles. The lowest BCUT2D eigenvalue weighted by Crippen LogP contribution is -2.38. The van der Waals surface area contributed by atoms with Crippen molar-refractivity contribution >= 4 is 32.9 Å². The summed E-state index contributed by atoms with van der Waals surface area (Å²) in [5, 5.41) is 0. The van der Waals surface area contributed by atoms with Crippen molar-refractivity contribution in [3.8, 4) is 0 Å². The fraction of sp³-hybridized carbons (Fsp3) is 0.455. The number of hydrogen-bond acceptors (Lipinski definition) is 4. The van der Waals surface area contributed by atoms with Crippen LogP contribution in [-0.2, 0) is 19.8 Å². The summed E-state index contributed by atoms with van der Waals surface area (Å²) in [6.45, 7) is 1.63. The van der Waals surface area contributed by atoms with Crippen molar-refractivity contribution in [2.45, 2.75) is 19.1 Å². The zero-order valence-corrected chi connectivity index (χ0v) is 13.5. The third kappa shape index (κ3) is 5.71. The predicted octanol–water partition coefficient (Wildman–Crippen LogP) is 1.73. The predicted molar refractivity (Wildman–Crippen MR) is 79.0 cm³/mol. The van der Waals surface area contributed by atoms with Gasteiger partial charge in [-0.1, -0.05) is 18.2 Å². The van der Waals surface area contributed by atoms with Gasteiger partial charge < -0.3 is 9.47 Å². The molecule has 0 aliphatic carbocycles. The summed E-state index contributed by atoms with van der Waals surface area (Å²) in [5.74, 6) is 0. The van der Waals surface area contributed by atoms with Crippen molar-refractivity contribution in [2.24, 2.45) is 0 Å². The first-order valence-electron chi connectivity index (χ1n) is 5.45. The topological polar surface area (TPSA) is 84.9 Å². The molecule has 108 valence electrons. The highest BCUT2D eigenvalue weighted by Gasteiger charge is 2.25. The minimum Gasteiger partial charge on any atom is -0.359 e. The Balaban J connectivity index is 2.97. The van der Waals surface area contributed by atoms with Gasteiger partial charge >= 0.3 is 10.3 Å². The van der Waals surface area contributed by atoms with Gasteiger partial charge in [-0.2, -0.15) is 13.1 Å². The molecule has 0 saturated carbocycles. The summed E-state index contributed by atoms with van der Waals surface area (Å²) in [6, 6.07) is 6.80. The maximum absolute atomic E-state index is 10.9. The van der Waals surface area contributed by atoms with Crippen LogP contribution < -0.4 is 4.72 Å². The Morgan fingerprint density at radius 1 is 1.42 bits per heavy atom. The molecule has 0 heterocycles. The van der Waals surface area contributed by atoms with Gasteiger partial charge in [0.05, 0.1) is 6.04 Å². The second-order valence-corrected chi connectivity index (χ2v) is 6.24. The average molecular weight is 401 g/mol. The number of benzene rings is 1. The largest absolute Gasteiger partial charge is 0.359 e.